The lowest BCUT2D eigenvalue weighted by atomic mass is 9.95. The Morgan fingerprint density at radius 3 is 2.38 bits per heavy atom. The van der Waals surface area contributed by atoms with Gasteiger partial charge in [-0.1, -0.05) is 23.7 Å². The lowest BCUT2D eigenvalue weighted by Crippen LogP contribution is -2.51. The summed E-state index contributed by atoms with van der Waals surface area (Å²) in [6.45, 7) is 4.90. The van der Waals surface area contributed by atoms with Crippen molar-refractivity contribution in [2.24, 2.45) is 5.92 Å². The Kier molecular flexibility index (Phi) is 6.28. The van der Waals surface area contributed by atoms with Crippen molar-refractivity contribution in [3.63, 3.8) is 0 Å². The maximum absolute atomic E-state index is 13.1. The van der Waals surface area contributed by atoms with E-state index in [4.69, 9.17) is 11.6 Å². The van der Waals surface area contributed by atoms with E-state index in [2.05, 4.69) is 32.1 Å². The van der Waals surface area contributed by atoms with Crippen LogP contribution in [0.5, 0.6) is 0 Å². The summed E-state index contributed by atoms with van der Waals surface area (Å²) in [6.07, 6.45) is 1.73. The number of amides is 1. The highest BCUT2D eigenvalue weighted by atomic mass is 35.5. The molecule has 2 aliphatic rings. The average Bonchev–Trinajstić information content (AvgIpc) is 3.39. The summed E-state index contributed by atoms with van der Waals surface area (Å²) >= 11 is 7.80. The van der Waals surface area contributed by atoms with Gasteiger partial charge in [-0.25, -0.2) is 0 Å². The molecule has 0 aliphatic carbocycles. The molecular formula is C24H26ClN5OS. The van der Waals surface area contributed by atoms with Crippen LogP contribution in [-0.4, -0.2) is 60.3 Å². The van der Waals surface area contributed by atoms with Gasteiger partial charge in [0.05, 0.1) is 4.88 Å². The van der Waals surface area contributed by atoms with E-state index in [9.17, 15) is 4.79 Å². The molecule has 166 valence electrons. The third-order valence-corrected chi connectivity index (χ3v) is 7.48. The molecule has 0 N–H and O–H groups in total. The van der Waals surface area contributed by atoms with Crippen LogP contribution in [0.2, 0.25) is 5.02 Å². The number of aromatic nitrogens is 2. The first kappa shape index (κ1) is 21.2. The monoisotopic (exact) mass is 467 g/mol. The molecule has 2 fully saturated rings. The molecule has 0 spiro atoms. The number of anilines is 2. The SMILES string of the molecule is O=C(C1CCN(c2ccc(-c3cccs3)nn2)CC1)N1CCN(c2cccc(Cl)c2)CC1. The number of piperidine rings is 1. The summed E-state index contributed by atoms with van der Waals surface area (Å²) in [6, 6.07) is 16.1. The summed E-state index contributed by atoms with van der Waals surface area (Å²) in [5.74, 6) is 1.29. The highest BCUT2D eigenvalue weighted by molar-refractivity contribution is 7.13. The summed E-state index contributed by atoms with van der Waals surface area (Å²) in [5.41, 5.74) is 2.04. The van der Waals surface area contributed by atoms with Gasteiger partial charge >= 0.3 is 0 Å². The van der Waals surface area contributed by atoms with E-state index in [1.165, 1.54) is 0 Å². The van der Waals surface area contributed by atoms with Crippen LogP contribution in [0.25, 0.3) is 10.6 Å². The van der Waals surface area contributed by atoms with Crippen LogP contribution in [0, 0.1) is 5.92 Å². The van der Waals surface area contributed by atoms with Crippen molar-refractivity contribution < 1.29 is 4.79 Å². The van der Waals surface area contributed by atoms with Gasteiger partial charge in [-0.2, -0.15) is 0 Å². The van der Waals surface area contributed by atoms with Crippen LogP contribution in [-0.2, 0) is 4.79 Å². The van der Waals surface area contributed by atoms with Crippen molar-refractivity contribution in [2.45, 2.75) is 12.8 Å². The molecule has 1 aromatic carbocycles. The summed E-state index contributed by atoms with van der Waals surface area (Å²) < 4.78 is 0. The first-order valence-electron chi connectivity index (χ1n) is 11.1. The van der Waals surface area contributed by atoms with Gasteiger partial charge < -0.3 is 14.7 Å². The van der Waals surface area contributed by atoms with E-state index in [1.54, 1.807) is 11.3 Å². The van der Waals surface area contributed by atoms with Crippen LogP contribution in [0.4, 0.5) is 11.5 Å². The number of hydrogen-bond donors (Lipinski definition) is 0. The minimum Gasteiger partial charge on any atom is -0.368 e. The molecule has 32 heavy (non-hydrogen) atoms. The Balaban J connectivity index is 1.12. The molecule has 1 amide bonds. The molecule has 0 bridgehead atoms. The molecular weight excluding hydrogens is 442 g/mol. The zero-order chi connectivity index (χ0) is 21.9. The zero-order valence-electron chi connectivity index (χ0n) is 17.9. The second-order valence-electron chi connectivity index (χ2n) is 8.31. The van der Waals surface area contributed by atoms with Crippen LogP contribution in [0.3, 0.4) is 0 Å². The molecule has 8 heteroatoms. The number of benzene rings is 1. The van der Waals surface area contributed by atoms with Crippen LogP contribution < -0.4 is 9.80 Å². The fraction of sp³-hybridized carbons (Fsp3) is 0.375. The molecule has 2 aliphatic heterocycles. The molecule has 0 atom stereocenters. The number of thiophene rings is 1. The van der Waals surface area contributed by atoms with Crippen LogP contribution >= 0.6 is 22.9 Å². The Morgan fingerprint density at radius 1 is 0.906 bits per heavy atom. The number of carbonyl (C=O) groups is 1. The zero-order valence-corrected chi connectivity index (χ0v) is 19.4. The van der Waals surface area contributed by atoms with Crippen molar-refractivity contribution in [1.82, 2.24) is 15.1 Å². The van der Waals surface area contributed by atoms with E-state index in [0.717, 1.165) is 79.2 Å². The summed E-state index contributed by atoms with van der Waals surface area (Å²) in [7, 11) is 0. The topological polar surface area (TPSA) is 52.6 Å². The molecule has 0 saturated carbocycles. The van der Waals surface area contributed by atoms with Crippen molar-refractivity contribution in [1.29, 1.82) is 0 Å². The van der Waals surface area contributed by atoms with Gasteiger partial charge in [-0.3, -0.25) is 4.79 Å². The lowest BCUT2D eigenvalue weighted by molar-refractivity contribution is -0.136. The molecule has 0 radical (unpaired) electrons. The number of rotatable bonds is 4. The van der Waals surface area contributed by atoms with Gasteiger partial charge in [0.15, 0.2) is 5.82 Å². The smallest absolute Gasteiger partial charge is 0.225 e. The van der Waals surface area contributed by atoms with Crippen molar-refractivity contribution >= 4 is 40.4 Å². The minimum atomic E-state index is 0.0994. The van der Waals surface area contributed by atoms with Crippen LogP contribution in [0.15, 0.2) is 53.9 Å². The third-order valence-electron chi connectivity index (χ3n) is 6.36. The molecule has 4 heterocycles. The minimum absolute atomic E-state index is 0.0994. The third kappa shape index (κ3) is 4.59. The predicted molar refractivity (Wildman–Crippen MR) is 131 cm³/mol. The maximum atomic E-state index is 13.1. The Morgan fingerprint density at radius 2 is 1.72 bits per heavy atom. The Labute approximate surface area is 197 Å². The molecule has 2 saturated heterocycles. The van der Waals surface area contributed by atoms with E-state index in [0.29, 0.717) is 5.91 Å². The van der Waals surface area contributed by atoms with E-state index in [-0.39, 0.29) is 5.92 Å². The number of piperazine rings is 1. The lowest BCUT2D eigenvalue weighted by Gasteiger charge is -2.39. The number of nitrogens with zero attached hydrogens (tertiary/aromatic N) is 5. The Bertz CT molecular complexity index is 1040. The number of carbonyl (C=O) groups excluding carboxylic acids is 1. The van der Waals surface area contributed by atoms with Gasteiger partial charge in [0.1, 0.15) is 5.69 Å². The average molecular weight is 468 g/mol. The first-order chi connectivity index (χ1) is 15.7. The quantitative estimate of drug-likeness (QED) is 0.568. The van der Waals surface area contributed by atoms with Crippen molar-refractivity contribution in [3.05, 3.63) is 58.9 Å². The predicted octanol–water partition coefficient (Wildman–Crippen LogP) is 4.42. The van der Waals surface area contributed by atoms with Crippen LogP contribution in [0.1, 0.15) is 12.8 Å². The van der Waals surface area contributed by atoms with Crippen molar-refractivity contribution in [2.75, 3.05) is 49.1 Å². The van der Waals surface area contributed by atoms with Gasteiger partial charge in [0.25, 0.3) is 0 Å². The molecule has 5 rings (SSSR count). The molecule has 2 aromatic heterocycles. The van der Waals surface area contributed by atoms with Crippen molar-refractivity contribution in [3.8, 4) is 10.6 Å². The standard InChI is InChI=1S/C24H26ClN5OS/c25-19-3-1-4-20(17-19)28-12-14-30(15-13-28)24(31)18-8-10-29(11-9-18)23-7-6-21(26-27-23)22-5-2-16-32-22/h1-7,16-18H,8-15H2. The van der Waals surface area contributed by atoms with Gasteiger partial charge in [0, 0.05) is 55.9 Å². The number of halogens is 1. The normalized spacial score (nSPS) is 17.6. The second-order valence-corrected chi connectivity index (χ2v) is 9.69. The largest absolute Gasteiger partial charge is 0.368 e. The highest BCUT2D eigenvalue weighted by Gasteiger charge is 2.31. The fourth-order valence-corrected chi connectivity index (χ4v) is 5.40. The molecule has 0 unspecified atom stereocenters. The summed E-state index contributed by atoms with van der Waals surface area (Å²) in [5, 5.41) is 11.6. The highest BCUT2D eigenvalue weighted by Crippen LogP contribution is 2.27. The van der Waals surface area contributed by atoms with Gasteiger partial charge in [-0.05, 0) is 54.6 Å². The van der Waals surface area contributed by atoms with Gasteiger partial charge in [-0.15, -0.1) is 21.5 Å². The van der Waals surface area contributed by atoms with E-state index in [1.807, 2.05) is 46.7 Å². The number of hydrogen-bond acceptors (Lipinski definition) is 6. The first-order valence-corrected chi connectivity index (χ1v) is 12.3. The Hall–Kier alpha value is -2.64. The second kappa shape index (κ2) is 9.46. The molecule has 3 aromatic rings. The van der Waals surface area contributed by atoms with E-state index >= 15 is 0 Å². The fourth-order valence-electron chi connectivity index (χ4n) is 4.52. The molecule has 6 nitrogen and oxygen atoms in total. The summed E-state index contributed by atoms with van der Waals surface area (Å²) in [4.78, 5) is 20.8. The maximum Gasteiger partial charge on any atom is 0.225 e. The van der Waals surface area contributed by atoms with E-state index < -0.39 is 0 Å². The van der Waals surface area contributed by atoms with Gasteiger partial charge in [0.2, 0.25) is 5.91 Å².